The molecule has 132 valence electrons. The van der Waals surface area contributed by atoms with Gasteiger partial charge in [0, 0.05) is 36.4 Å². The fourth-order valence-corrected chi connectivity index (χ4v) is 2.74. The van der Waals surface area contributed by atoms with Crippen LogP contribution in [0, 0.1) is 6.92 Å². The van der Waals surface area contributed by atoms with Crippen molar-refractivity contribution in [3.63, 3.8) is 0 Å². The third-order valence-electron chi connectivity index (χ3n) is 3.89. The molecule has 1 aromatic carbocycles. The van der Waals surface area contributed by atoms with E-state index in [1.54, 1.807) is 45.4 Å². The number of hydrogen-bond acceptors (Lipinski definition) is 5. The third-order valence-corrected chi connectivity index (χ3v) is 4.29. The maximum atomic E-state index is 12.2. The van der Waals surface area contributed by atoms with Gasteiger partial charge in [0.2, 0.25) is 0 Å². The van der Waals surface area contributed by atoms with Gasteiger partial charge in [0.1, 0.15) is 11.4 Å². The second kappa shape index (κ2) is 7.53. The van der Waals surface area contributed by atoms with Crippen LogP contribution in [0.15, 0.2) is 29.6 Å². The Labute approximate surface area is 151 Å². The molecule has 2 rings (SSSR count). The molecule has 0 fully saturated rings. The quantitative estimate of drug-likeness (QED) is 0.512. The van der Waals surface area contributed by atoms with Crippen LogP contribution in [0.3, 0.4) is 0 Å². The van der Waals surface area contributed by atoms with Gasteiger partial charge in [0.25, 0.3) is 5.91 Å². The number of carbonyl (C=O) groups excluding carboxylic acids is 1. The number of aromatic nitrogens is 1. The molecule has 0 atom stereocenters. The molecule has 1 aromatic heterocycles. The molecular formula is C18H20ClN3O3. The number of rotatable bonds is 4. The van der Waals surface area contributed by atoms with Gasteiger partial charge in [0.15, 0.2) is 0 Å². The van der Waals surface area contributed by atoms with Gasteiger partial charge in [-0.05, 0) is 43.2 Å². The van der Waals surface area contributed by atoms with E-state index in [1.165, 1.54) is 12.0 Å². The Bertz CT molecular complexity index is 848. The van der Waals surface area contributed by atoms with E-state index in [2.05, 4.69) is 10.1 Å². The first-order chi connectivity index (χ1) is 11.8. The zero-order chi connectivity index (χ0) is 18.7. The maximum absolute atomic E-state index is 12.2. The topological polar surface area (TPSA) is 75.0 Å². The van der Waals surface area contributed by atoms with Crippen LogP contribution in [-0.4, -0.2) is 47.9 Å². The van der Waals surface area contributed by atoms with E-state index < -0.39 is 0 Å². The standard InChI is InChI=1S/C18H20ClN3O3/c1-10-14(19)9-13(11(2)21-24)17(25-5)16(10)12-6-7-20-15(8-12)18(23)22(3)4/h6-9,24H,1-5H3/b21-11+. The summed E-state index contributed by atoms with van der Waals surface area (Å²) < 4.78 is 5.57. The summed E-state index contributed by atoms with van der Waals surface area (Å²) in [5.74, 6) is 0.320. The van der Waals surface area contributed by atoms with Gasteiger partial charge in [-0.1, -0.05) is 16.8 Å². The molecule has 25 heavy (non-hydrogen) atoms. The summed E-state index contributed by atoms with van der Waals surface area (Å²) >= 11 is 6.37. The summed E-state index contributed by atoms with van der Waals surface area (Å²) in [5, 5.41) is 12.9. The molecule has 6 nitrogen and oxygen atoms in total. The fourth-order valence-electron chi connectivity index (χ4n) is 2.54. The van der Waals surface area contributed by atoms with Crippen LogP contribution in [0.4, 0.5) is 0 Å². The number of hydrogen-bond donors (Lipinski definition) is 1. The van der Waals surface area contributed by atoms with Crippen LogP contribution >= 0.6 is 11.6 Å². The zero-order valence-corrected chi connectivity index (χ0v) is 15.5. The van der Waals surface area contributed by atoms with Crippen LogP contribution < -0.4 is 4.74 Å². The Balaban J connectivity index is 2.77. The summed E-state index contributed by atoms with van der Waals surface area (Å²) in [5.41, 5.74) is 3.53. The summed E-state index contributed by atoms with van der Waals surface area (Å²) in [6.45, 7) is 3.52. The van der Waals surface area contributed by atoms with Crippen LogP contribution in [-0.2, 0) is 0 Å². The first-order valence-corrected chi connectivity index (χ1v) is 7.93. The number of methoxy groups -OCH3 is 1. The molecular weight excluding hydrogens is 342 g/mol. The van der Waals surface area contributed by atoms with Gasteiger partial charge < -0.3 is 14.8 Å². The number of nitrogens with zero attached hydrogens (tertiary/aromatic N) is 3. The molecule has 0 radical (unpaired) electrons. The first-order valence-electron chi connectivity index (χ1n) is 7.56. The lowest BCUT2D eigenvalue weighted by Gasteiger charge is -2.18. The van der Waals surface area contributed by atoms with Gasteiger partial charge in [-0.3, -0.25) is 9.78 Å². The molecule has 0 unspecified atom stereocenters. The Morgan fingerprint density at radius 1 is 1.36 bits per heavy atom. The minimum atomic E-state index is -0.200. The monoisotopic (exact) mass is 361 g/mol. The van der Waals surface area contributed by atoms with E-state index in [9.17, 15) is 4.79 Å². The van der Waals surface area contributed by atoms with Crippen LogP contribution in [0.2, 0.25) is 5.02 Å². The van der Waals surface area contributed by atoms with Crippen molar-refractivity contribution >= 4 is 23.2 Å². The first kappa shape index (κ1) is 18.7. The number of ether oxygens (including phenoxy) is 1. The van der Waals surface area contributed by atoms with Crippen molar-refractivity contribution in [1.82, 2.24) is 9.88 Å². The van der Waals surface area contributed by atoms with Gasteiger partial charge in [-0.15, -0.1) is 0 Å². The molecule has 1 heterocycles. The largest absolute Gasteiger partial charge is 0.495 e. The van der Waals surface area contributed by atoms with Crippen molar-refractivity contribution in [3.05, 3.63) is 46.2 Å². The molecule has 0 aliphatic carbocycles. The lowest BCUT2D eigenvalue weighted by molar-refractivity contribution is 0.0822. The highest BCUT2D eigenvalue weighted by atomic mass is 35.5. The molecule has 1 N–H and O–H groups in total. The summed E-state index contributed by atoms with van der Waals surface area (Å²) in [6, 6.07) is 5.17. The molecule has 2 aromatic rings. The van der Waals surface area contributed by atoms with Crippen molar-refractivity contribution in [2.24, 2.45) is 5.16 Å². The van der Waals surface area contributed by atoms with E-state index in [0.29, 0.717) is 27.7 Å². The van der Waals surface area contributed by atoms with Crippen LogP contribution in [0.25, 0.3) is 11.1 Å². The Morgan fingerprint density at radius 3 is 2.60 bits per heavy atom. The lowest BCUT2D eigenvalue weighted by atomic mass is 9.95. The number of oxime groups is 1. The van der Waals surface area contributed by atoms with Crippen LogP contribution in [0.5, 0.6) is 5.75 Å². The number of pyridine rings is 1. The summed E-state index contributed by atoms with van der Waals surface area (Å²) in [4.78, 5) is 17.8. The predicted molar refractivity (Wildman–Crippen MR) is 98.0 cm³/mol. The summed E-state index contributed by atoms with van der Waals surface area (Å²) in [6.07, 6.45) is 1.57. The highest BCUT2D eigenvalue weighted by molar-refractivity contribution is 6.32. The number of carbonyl (C=O) groups is 1. The zero-order valence-electron chi connectivity index (χ0n) is 14.8. The average molecular weight is 362 g/mol. The normalized spacial score (nSPS) is 11.4. The van der Waals surface area contributed by atoms with E-state index in [0.717, 1.165) is 16.7 Å². The Hall–Kier alpha value is -2.60. The van der Waals surface area contributed by atoms with Crippen molar-refractivity contribution in [3.8, 4) is 16.9 Å². The van der Waals surface area contributed by atoms with Gasteiger partial charge in [-0.2, -0.15) is 0 Å². The molecule has 0 saturated carbocycles. The minimum absolute atomic E-state index is 0.200. The predicted octanol–water partition coefficient (Wildman–Crippen LogP) is 3.62. The lowest BCUT2D eigenvalue weighted by Crippen LogP contribution is -2.22. The molecule has 7 heteroatoms. The van der Waals surface area contributed by atoms with E-state index in [1.807, 2.05) is 6.92 Å². The SMILES string of the molecule is COc1c(/C(C)=N/O)cc(Cl)c(C)c1-c1ccnc(C(=O)N(C)C)c1. The van der Waals surface area contributed by atoms with Crippen molar-refractivity contribution in [2.75, 3.05) is 21.2 Å². The second-order valence-electron chi connectivity index (χ2n) is 5.75. The molecule has 0 saturated heterocycles. The molecule has 0 bridgehead atoms. The fraction of sp³-hybridized carbons (Fsp3) is 0.278. The van der Waals surface area contributed by atoms with E-state index in [-0.39, 0.29) is 5.91 Å². The Morgan fingerprint density at radius 2 is 2.04 bits per heavy atom. The number of benzene rings is 1. The second-order valence-corrected chi connectivity index (χ2v) is 6.16. The maximum Gasteiger partial charge on any atom is 0.271 e. The molecule has 0 aliphatic rings. The average Bonchev–Trinajstić information content (AvgIpc) is 2.61. The summed E-state index contributed by atoms with van der Waals surface area (Å²) in [7, 11) is 4.87. The number of halogens is 1. The molecule has 0 aliphatic heterocycles. The van der Waals surface area contributed by atoms with Crippen molar-refractivity contribution in [2.45, 2.75) is 13.8 Å². The van der Waals surface area contributed by atoms with Crippen LogP contribution in [0.1, 0.15) is 28.5 Å². The van der Waals surface area contributed by atoms with Crippen molar-refractivity contribution in [1.29, 1.82) is 0 Å². The smallest absolute Gasteiger partial charge is 0.271 e. The van der Waals surface area contributed by atoms with E-state index in [4.69, 9.17) is 21.5 Å². The minimum Gasteiger partial charge on any atom is -0.495 e. The highest BCUT2D eigenvalue weighted by Crippen LogP contribution is 2.40. The molecule has 1 amide bonds. The van der Waals surface area contributed by atoms with Gasteiger partial charge >= 0.3 is 0 Å². The Kier molecular flexibility index (Phi) is 5.64. The third kappa shape index (κ3) is 3.58. The van der Waals surface area contributed by atoms with Crippen molar-refractivity contribution < 1.29 is 14.7 Å². The van der Waals surface area contributed by atoms with Gasteiger partial charge in [0.05, 0.1) is 12.8 Å². The van der Waals surface area contributed by atoms with E-state index >= 15 is 0 Å². The molecule has 0 spiro atoms. The highest BCUT2D eigenvalue weighted by Gasteiger charge is 2.20. The van der Waals surface area contributed by atoms with Gasteiger partial charge in [-0.25, -0.2) is 0 Å². The number of amides is 1.